The summed E-state index contributed by atoms with van der Waals surface area (Å²) in [6.45, 7) is -0.532. The molecule has 3 N–H and O–H groups in total. The van der Waals surface area contributed by atoms with Crippen molar-refractivity contribution in [1.82, 2.24) is 9.55 Å². The second-order valence-electron chi connectivity index (χ2n) is 3.79. The Kier molecular flexibility index (Phi) is 3.52. The molecule has 1 heterocycles. The monoisotopic (exact) mass is 279 g/mol. The number of halogens is 1. The fraction of sp³-hybridized carbons (Fsp3) is 0.0833. The highest BCUT2D eigenvalue weighted by Gasteiger charge is 2.17. The highest BCUT2D eigenvalue weighted by Crippen LogP contribution is 2.25. The maximum atomic E-state index is 11.9. The van der Waals surface area contributed by atoms with E-state index in [2.05, 4.69) is 4.98 Å². The van der Waals surface area contributed by atoms with Crippen LogP contribution in [0.3, 0.4) is 0 Å². The van der Waals surface area contributed by atoms with E-state index >= 15 is 0 Å². The third kappa shape index (κ3) is 2.58. The van der Waals surface area contributed by atoms with Gasteiger partial charge in [-0.15, -0.1) is 0 Å². The highest BCUT2D eigenvalue weighted by molar-refractivity contribution is 6.32. The zero-order valence-corrected chi connectivity index (χ0v) is 10.5. The van der Waals surface area contributed by atoms with E-state index < -0.39 is 18.1 Å². The number of carboxylic acid groups (broad SMARTS) is 1. The number of hydrogen-bond acceptors (Lipinski definition) is 4. The quantitative estimate of drug-likeness (QED) is 0.880. The number of aromatic nitrogens is 2. The number of carbonyl (C=O) groups is 1. The largest absolute Gasteiger partial charge is 0.480 e. The SMILES string of the molecule is Nc1nc(Cl)c(-c2ccccc2)n(CC(=O)O)c1=O. The van der Waals surface area contributed by atoms with Crippen molar-refractivity contribution in [3.8, 4) is 11.3 Å². The van der Waals surface area contributed by atoms with E-state index in [4.69, 9.17) is 22.4 Å². The van der Waals surface area contributed by atoms with Crippen LogP contribution in [0.5, 0.6) is 0 Å². The summed E-state index contributed by atoms with van der Waals surface area (Å²) in [6, 6.07) is 8.70. The third-order valence-corrected chi connectivity index (χ3v) is 2.75. The van der Waals surface area contributed by atoms with Gasteiger partial charge >= 0.3 is 5.97 Å². The van der Waals surface area contributed by atoms with Crippen molar-refractivity contribution in [3.05, 3.63) is 45.8 Å². The van der Waals surface area contributed by atoms with Crippen molar-refractivity contribution in [2.75, 3.05) is 5.73 Å². The molecule has 0 bridgehead atoms. The van der Waals surface area contributed by atoms with Gasteiger partial charge in [-0.25, -0.2) is 4.98 Å². The number of hydrogen-bond donors (Lipinski definition) is 2. The maximum absolute atomic E-state index is 11.9. The summed E-state index contributed by atoms with van der Waals surface area (Å²) < 4.78 is 1.00. The Hall–Kier alpha value is -2.34. The van der Waals surface area contributed by atoms with Crippen LogP contribution in [0.15, 0.2) is 35.1 Å². The summed E-state index contributed by atoms with van der Waals surface area (Å²) >= 11 is 5.98. The van der Waals surface area contributed by atoms with E-state index in [-0.39, 0.29) is 16.7 Å². The number of benzene rings is 1. The lowest BCUT2D eigenvalue weighted by Gasteiger charge is -2.13. The Morgan fingerprint density at radius 1 is 1.37 bits per heavy atom. The zero-order chi connectivity index (χ0) is 14.0. The molecule has 0 unspecified atom stereocenters. The van der Waals surface area contributed by atoms with Crippen LogP contribution in [-0.4, -0.2) is 20.6 Å². The number of nitrogens with zero attached hydrogens (tertiary/aromatic N) is 2. The van der Waals surface area contributed by atoms with Crippen molar-refractivity contribution >= 4 is 23.4 Å². The van der Waals surface area contributed by atoms with E-state index in [1.54, 1.807) is 30.3 Å². The lowest BCUT2D eigenvalue weighted by Crippen LogP contribution is -2.29. The Balaban J connectivity index is 2.75. The minimum absolute atomic E-state index is 0.00968. The van der Waals surface area contributed by atoms with Crippen molar-refractivity contribution in [1.29, 1.82) is 0 Å². The predicted octanol–water partition coefficient (Wildman–Crippen LogP) is 1.23. The number of nitrogens with two attached hydrogens (primary N) is 1. The molecule has 19 heavy (non-hydrogen) atoms. The Bertz CT molecular complexity index is 683. The average molecular weight is 280 g/mol. The van der Waals surface area contributed by atoms with Crippen LogP contribution in [-0.2, 0) is 11.3 Å². The van der Waals surface area contributed by atoms with E-state index in [1.165, 1.54) is 0 Å². The number of aliphatic carboxylic acids is 1. The van der Waals surface area contributed by atoms with Crippen molar-refractivity contribution in [2.24, 2.45) is 0 Å². The van der Waals surface area contributed by atoms with Crippen molar-refractivity contribution in [2.45, 2.75) is 6.54 Å². The van der Waals surface area contributed by atoms with Crippen LogP contribution >= 0.6 is 11.6 Å². The minimum Gasteiger partial charge on any atom is -0.480 e. The molecule has 0 aliphatic rings. The van der Waals surface area contributed by atoms with E-state index in [9.17, 15) is 9.59 Å². The molecule has 0 aliphatic heterocycles. The zero-order valence-electron chi connectivity index (χ0n) is 9.71. The molecule has 7 heteroatoms. The molecule has 0 fully saturated rings. The fourth-order valence-electron chi connectivity index (χ4n) is 1.71. The Morgan fingerprint density at radius 2 is 2.00 bits per heavy atom. The second-order valence-corrected chi connectivity index (χ2v) is 4.15. The summed E-state index contributed by atoms with van der Waals surface area (Å²) in [5, 5.41) is 8.87. The first-order chi connectivity index (χ1) is 9.00. The molecular weight excluding hydrogens is 270 g/mol. The second kappa shape index (κ2) is 5.11. The molecule has 1 aromatic carbocycles. The molecule has 2 rings (SSSR count). The summed E-state index contributed by atoms with van der Waals surface area (Å²) in [7, 11) is 0. The summed E-state index contributed by atoms with van der Waals surface area (Å²) in [6.07, 6.45) is 0. The van der Waals surface area contributed by atoms with Crippen LogP contribution in [0.4, 0.5) is 5.82 Å². The maximum Gasteiger partial charge on any atom is 0.323 e. The smallest absolute Gasteiger partial charge is 0.323 e. The molecular formula is C12H10ClN3O3. The lowest BCUT2D eigenvalue weighted by molar-refractivity contribution is -0.137. The normalized spacial score (nSPS) is 10.4. The average Bonchev–Trinajstić information content (AvgIpc) is 2.36. The molecule has 0 atom stereocenters. The van der Waals surface area contributed by atoms with Gasteiger partial charge in [0.2, 0.25) is 0 Å². The summed E-state index contributed by atoms with van der Waals surface area (Å²) in [4.78, 5) is 26.5. The highest BCUT2D eigenvalue weighted by atomic mass is 35.5. The molecule has 2 aromatic rings. The van der Waals surface area contributed by atoms with Gasteiger partial charge in [-0.1, -0.05) is 41.9 Å². The minimum atomic E-state index is -1.17. The van der Waals surface area contributed by atoms with E-state index in [1.807, 2.05) is 0 Å². The van der Waals surface area contributed by atoms with Gasteiger partial charge in [0.05, 0.1) is 5.69 Å². The molecule has 0 amide bonds. The summed E-state index contributed by atoms with van der Waals surface area (Å²) in [5.74, 6) is -1.49. The van der Waals surface area contributed by atoms with Crippen LogP contribution in [0.1, 0.15) is 0 Å². The first-order valence-electron chi connectivity index (χ1n) is 5.33. The number of anilines is 1. The van der Waals surface area contributed by atoms with Crippen LogP contribution < -0.4 is 11.3 Å². The Labute approximate surface area is 113 Å². The van der Waals surface area contributed by atoms with Gasteiger partial charge in [0.15, 0.2) is 11.0 Å². The van der Waals surface area contributed by atoms with Crippen LogP contribution in [0, 0.1) is 0 Å². The standard InChI is InChI=1S/C12H10ClN3O3/c13-10-9(7-4-2-1-3-5-7)16(6-8(17)18)12(19)11(14)15-10/h1-5H,6H2,(H2,14,15)(H,17,18). The number of nitrogen functional groups attached to an aromatic ring is 1. The molecule has 0 saturated heterocycles. The fourth-order valence-corrected chi connectivity index (χ4v) is 2.02. The van der Waals surface area contributed by atoms with E-state index in [0.717, 1.165) is 4.57 Å². The summed E-state index contributed by atoms with van der Waals surface area (Å²) in [5.41, 5.74) is 5.58. The van der Waals surface area contributed by atoms with Crippen LogP contribution in [0.25, 0.3) is 11.3 Å². The molecule has 0 spiro atoms. The van der Waals surface area contributed by atoms with Gasteiger partial charge in [-0.05, 0) is 0 Å². The third-order valence-electron chi connectivity index (χ3n) is 2.49. The van der Waals surface area contributed by atoms with Gasteiger partial charge in [0, 0.05) is 5.56 Å². The molecule has 6 nitrogen and oxygen atoms in total. The van der Waals surface area contributed by atoms with E-state index in [0.29, 0.717) is 5.56 Å². The predicted molar refractivity (Wildman–Crippen MR) is 71.0 cm³/mol. The van der Waals surface area contributed by atoms with Gasteiger partial charge in [-0.3, -0.25) is 14.2 Å². The Morgan fingerprint density at radius 3 is 2.58 bits per heavy atom. The molecule has 98 valence electrons. The van der Waals surface area contributed by atoms with Gasteiger partial charge in [0.1, 0.15) is 6.54 Å². The topological polar surface area (TPSA) is 98.2 Å². The van der Waals surface area contributed by atoms with Gasteiger partial charge in [-0.2, -0.15) is 0 Å². The van der Waals surface area contributed by atoms with Crippen LogP contribution in [0.2, 0.25) is 5.15 Å². The molecule has 0 saturated carbocycles. The number of rotatable bonds is 3. The molecule has 1 aromatic heterocycles. The van der Waals surface area contributed by atoms with Crippen molar-refractivity contribution < 1.29 is 9.90 Å². The number of carboxylic acids is 1. The lowest BCUT2D eigenvalue weighted by atomic mass is 10.1. The molecule has 0 aliphatic carbocycles. The molecule has 0 radical (unpaired) electrons. The van der Waals surface area contributed by atoms with Crippen molar-refractivity contribution in [3.63, 3.8) is 0 Å². The first-order valence-corrected chi connectivity index (χ1v) is 5.71. The van der Waals surface area contributed by atoms with Gasteiger partial charge < -0.3 is 10.8 Å². The first kappa shape index (κ1) is 13.1. The van der Waals surface area contributed by atoms with Gasteiger partial charge in [0.25, 0.3) is 5.56 Å².